The molecule has 0 radical (unpaired) electrons. The highest BCUT2D eigenvalue weighted by Crippen LogP contribution is 2.35. The predicted octanol–water partition coefficient (Wildman–Crippen LogP) is 4.99. The van der Waals surface area contributed by atoms with Gasteiger partial charge in [0, 0.05) is 27.8 Å². The van der Waals surface area contributed by atoms with Crippen LogP contribution in [0.5, 0.6) is 5.75 Å². The summed E-state index contributed by atoms with van der Waals surface area (Å²) in [5.41, 5.74) is 3.46. The maximum Gasteiger partial charge on any atom is 0.329 e. The van der Waals surface area contributed by atoms with Crippen LogP contribution in [0.3, 0.4) is 0 Å². The Hall–Kier alpha value is -3.83. The minimum absolute atomic E-state index is 0.161. The molecular formula is C24H16ClN2O3-. The number of aliphatic carboxylic acids is 1. The van der Waals surface area contributed by atoms with Crippen molar-refractivity contribution < 1.29 is 15.0 Å². The molecule has 1 aromatic heterocycles. The molecule has 0 unspecified atom stereocenters. The Kier molecular flexibility index (Phi) is 5.37. The standard InChI is InChI=1S/C24H17ClN2O3/c25-17-11-12-20(28)18(13-17)19(14-21(29)30)24-26-22(15-7-3-1-4-8-15)23(27-24)16-9-5-2-6-10-16/h1-14,28H,(H,26,27)(H,29,30)/p-1/b19-14-. The van der Waals surface area contributed by atoms with Crippen molar-refractivity contribution >= 4 is 23.1 Å². The number of imidazole rings is 1. The zero-order valence-electron chi connectivity index (χ0n) is 15.7. The molecule has 0 aliphatic heterocycles. The summed E-state index contributed by atoms with van der Waals surface area (Å²) in [5, 5.41) is 22.2. The second-order valence-electron chi connectivity index (χ2n) is 6.58. The van der Waals surface area contributed by atoms with E-state index in [4.69, 9.17) is 11.6 Å². The van der Waals surface area contributed by atoms with Gasteiger partial charge < -0.3 is 15.2 Å². The summed E-state index contributed by atoms with van der Waals surface area (Å²) in [6.07, 6.45) is 0.968. The molecule has 0 fully saturated rings. The molecule has 148 valence electrons. The SMILES string of the molecule is O=C(O)/C=C(\c1nc(-c2ccccc2)c(-c2ccccc2)[nH]1)c1cc(Cl)ccc1[O-]. The van der Waals surface area contributed by atoms with Crippen LogP contribution in [0.4, 0.5) is 0 Å². The molecule has 0 saturated heterocycles. The van der Waals surface area contributed by atoms with E-state index >= 15 is 0 Å². The van der Waals surface area contributed by atoms with Crippen LogP contribution in [-0.2, 0) is 4.79 Å². The molecule has 5 nitrogen and oxygen atoms in total. The summed E-state index contributed by atoms with van der Waals surface area (Å²) in [4.78, 5) is 19.4. The molecule has 3 aromatic carbocycles. The fourth-order valence-electron chi connectivity index (χ4n) is 3.23. The second kappa shape index (κ2) is 8.27. The highest BCUT2D eigenvalue weighted by atomic mass is 35.5. The molecule has 2 N–H and O–H groups in total. The molecule has 4 aromatic rings. The van der Waals surface area contributed by atoms with E-state index in [1.54, 1.807) is 0 Å². The maximum absolute atomic E-state index is 12.5. The molecule has 0 saturated carbocycles. The lowest BCUT2D eigenvalue weighted by molar-refractivity contribution is -0.268. The summed E-state index contributed by atoms with van der Waals surface area (Å²) < 4.78 is 0. The third-order valence-corrected chi connectivity index (χ3v) is 4.80. The molecule has 0 spiro atoms. The van der Waals surface area contributed by atoms with Gasteiger partial charge in [-0.05, 0) is 17.7 Å². The molecule has 4 rings (SSSR count). The molecule has 0 amide bonds. The van der Waals surface area contributed by atoms with Gasteiger partial charge in [0.1, 0.15) is 5.82 Å². The monoisotopic (exact) mass is 415 g/mol. The van der Waals surface area contributed by atoms with Crippen LogP contribution in [0.2, 0.25) is 5.02 Å². The summed E-state index contributed by atoms with van der Waals surface area (Å²) >= 11 is 6.07. The van der Waals surface area contributed by atoms with Gasteiger partial charge >= 0.3 is 5.97 Å². The number of nitrogens with zero attached hydrogens (tertiary/aromatic N) is 1. The minimum atomic E-state index is -1.19. The number of aromatic amines is 1. The van der Waals surface area contributed by atoms with E-state index in [2.05, 4.69) is 9.97 Å². The van der Waals surface area contributed by atoms with Crippen LogP contribution < -0.4 is 5.11 Å². The predicted molar refractivity (Wildman–Crippen MR) is 115 cm³/mol. The first kappa shape index (κ1) is 19.5. The van der Waals surface area contributed by atoms with Crippen LogP contribution in [0.15, 0.2) is 84.9 Å². The second-order valence-corrected chi connectivity index (χ2v) is 7.01. The molecule has 0 bridgehead atoms. The van der Waals surface area contributed by atoms with Crippen LogP contribution in [0.1, 0.15) is 11.4 Å². The number of aromatic nitrogens is 2. The largest absolute Gasteiger partial charge is 0.872 e. The van der Waals surface area contributed by atoms with Crippen molar-refractivity contribution in [1.29, 1.82) is 0 Å². The van der Waals surface area contributed by atoms with Crippen LogP contribution in [0, 0.1) is 0 Å². The number of halogens is 1. The van der Waals surface area contributed by atoms with Gasteiger partial charge in [0.15, 0.2) is 0 Å². The number of nitrogens with one attached hydrogen (secondary N) is 1. The van der Waals surface area contributed by atoms with Crippen molar-refractivity contribution in [3.8, 4) is 28.3 Å². The average Bonchev–Trinajstić information content (AvgIpc) is 3.20. The van der Waals surface area contributed by atoms with Crippen molar-refractivity contribution in [1.82, 2.24) is 9.97 Å². The molecular weight excluding hydrogens is 400 g/mol. The van der Waals surface area contributed by atoms with Crippen molar-refractivity contribution in [3.63, 3.8) is 0 Å². The maximum atomic E-state index is 12.5. The van der Waals surface area contributed by atoms with Crippen molar-refractivity contribution in [2.75, 3.05) is 0 Å². The fraction of sp³-hybridized carbons (Fsp3) is 0. The quantitative estimate of drug-likeness (QED) is 0.449. The van der Waals surface area contributed by atoms with E-state index in [-0.39, 0.29) is 22.7 Å². The number of hydrogen-bond acceptors (Lipinski definition) is 3. The van der Waals surface area contributed by atoms with E-state index in [0.717, 1.165) is 22.9 Å². The molecule has 0 aliphatic carbocycles. The van der Waals surface area contributed by atoms with E-state index < -0.39 is 5.97 Å². The molecule has 0 aliphatic rings. The van der Waals surface area contributed by atoms with Crippen LogP contribution in [-0.4, -0.2) is 21.0 Å². The Balaban J connectivity index is 1.96. The third-order valence-electron chi connectivity index (χ3n) is 4.57. The van der Waals surface area contributed by atoms with E-state index in [1.165, 1.54) is 18.2 Å². The number of carbonyl (C=O) groups is 1. The van der Waals surface area contributed by atoms with Gasteiger partial charge in [-0.25, -0.2) is 9.78 Å². The minimum Gasteiger partial charge on any atom is -0.872 e. The van der Waals surface area contributed by atoms with Crippen molar-refractivity contribution in [3.05, 3.63) is 101 Å². The first-order valence-corrected chi connectivity index (χ1v) is 9.53. The summed E-state index contributed by atoms with van der Waals surface area (Å²) in [5.74, 6) is -1.26. The van der Waals surface area contributed by atoms with Gasteiger partial charge in [-0.1, -0.05) is 78.3 Å². The fourth-order valence-corrected chi connectivity index (χ4v) is 3.40. The van der Waals surface area contributed by atoms with Gasteiger partial charge in [0.05, 0.1) is 11.4 Å². The van der Waals surface area contributed by atoms with E-state index in [9.17, 15) is 15.0 Å². The Morgan fingerprint density at radius 2 is 1.60 bits per heavy atom. The van der Waals surface area contributed by atoms with E-state index in [1.807, 2.05) is 60.7 Å². The van der Waals surface area contributed by atoms with Crippen LogP contribution >= 0.6 is 11.6 Å². The topological polar surface area (TPSA) is 89.0 Å². The number of hydrogen-bond donors (Lipinski definition) is 2. The molecule has 30 heavy (non-hydrogen) atoms. The molecule has 6 heteroatoms. The van der Waals surface area contributed by atoms with Gasteiger partial charge in [0.2, 0.25) is 0 Å². The number of H-pyrrole nitrogens is 1. The normalized spacial score (nSPS) is 11.4. The highest BCUT2D eigenvalue weighted by molar-refractivity contribution is 6.30. The van der Waals surface area contributed by atoms with E-state index in [0.29, 0.717) is 10.7 Å². The Morgan fingerprint density at radius 1 is 0.967 bits per heavy atom. The van der Waals surface area contributed by atoms with Crippen LogP contribution in [0.25, 0.3) is 28.1 Å². The molecule has 0 atom stereocenters. The summed E-state index contributed by atoms with van der Waals surface area (Å²) in [6.45, 7) is 0. The zero-order valence-corrected chi connectivity index (χ0v) is 16.4. The number of carboxylic acid groups (broad SMARTS) is 1. The van der Waals surface area contributed by atoms with Gasteiger partial charge in [-0.15, -0.1) is 5.75 Å². The lowest BCUT2D eigenvalue weighted by Gasteiger charge is -2.15. The Morgan fingerprint density at radius 3 is 2.23 bits per heavy atom. The third kappa shape index (κ3) is 3.97. The van der Waals surface area contributed by atoms with Gasteiger partial charge in [-0.2, -0.15) is 0 Å². The first-order valence-electron chi connectivity index (χ1n) is 9.15. The van der Waals surface area contributed by atoms with Gasteiger partial charge in [-0.3, -0.25) is 0 Å². The van der Waals surface area contributed by atoms with Crippen molar-refractivity contribution in [2.45, 2.75) is 0 Å². The Bertz CT molecular complexity index is 1180. The average molecular weight is 416 g/mol. The molecule has 1 heterocycles. The lowest BCUT2D eigenvalue weighted by Crippen LogP contribution is -2.01. The first-order chi connectivity index (χ1) is 14.5. The smallest absolute Gasteiger partial charge is 0.329 e. The van der Waals surface area contributed by atoms with Gasteiger partial charge in [0.25, 0.3) is 0 Å². The summed E-state index contributed by atoms with van der Waals surface area (Å²) in [7, 11) is 0. The lowest BCUT2D eigenvalue weighted by atomic mass is 10.0. The number of rotatable bonds is 5. The zero-order chi connectivity index (χ0) is 21.1. The summed E-state index contributed by atoms with van der Waals surface area (Å²) in [6, 6.07) is 23.4. The Labute approximate surface area is 177 Å². The van der Waals surface area contributed by atoms with Crippen molar-refractivity contribution in [2.24, 2.45) is 0 Å². The highest BCUT2D eigenvalue weighted by Gasteiger charge is 2.18. The number of carboxylic acids is 1. The number of benzene rings is 3.